The molecule has 1 aromatic rings. The Kier molecular flexibility index (Phi) is 5.47. The molecule has 86 valence electrons. The van der Waals surface area contributed by atoms with Crippen LogP contribution >= 0.6 is 31.9 Å². The summed E-state index contributed by atoms with van der Waals surface area (Å²) in [5.74, 6) is 0. The summed E-state index contributed by atoms with van der Waals surface area (Å²) in [6.45, 7) is 5.90. The molecule has 0 spiro atoms. The number of nitrogens with zero attached hydrogens (tertiary/aromatic N) is 2. The summed E-state index contributed by atoms with van der Waals surface area (Å²) in [5.41, 5.74) is 1.03. The van der Waals surface area contributed by atoms with Crippen LogP contribution in [0.5, 0.6) is 0 Å². The van der Waals surface area contributed by atoms with Gasteiger partial charge in [-0.3, -0.25) is 4.90 Å². The van der Waals surface area contributed by atoms with Crippen molar-refractivity contribution in [3.8, 4) is 6.07 Å². The van der Waals surface area contributed by atoms with E-state index in [-0.39, 0.29) is 6.04 Å². The van der Waals surface area contributed by atoms with E-state index in [9.17, 15) is 5.26 Å². The van der Waals surface area contributed by atoms with Crippen molar-refractivity contribution in [3.05, 3.63) is 32.7 Å². The second-order valence-electron chi connectivity index (χ2n) is 3.43. The van der Waals surface area contributed by atoms with Crippen LogP contribution in [-0.4, -0.2) is 18.0 Å². The van der Waals surface area contributed by atoms with Crippen molar-refractivity contribution in [3.63, 3.8) is 0 Å². The molecule has 0 radical (unpaired) electrons. The van der Waals surface area contributed by atoms with E-state index in [1.54, 1.807) is 0 Å². The van der Waals surface area contributed by atoms with Crippen LogP contribution in [0.2, 0.25) is 0 Å². The molecule has 1 aromatic carbocycles. The van der Waals surface area contributed by atoms with Crippen LogP contribution in [-0.2, 0) is 0 Å². The zero-order valence-electron chi connectivity index (χ0n) is 9.37. The van der Waals surface area contributed by atoms with Gasteiger partial charge in [-0.15, -0.1) is 0 Å². The Morgan fingerprint density at radius 3 is 2.31 bits per heavy atom. The van der Waals surface area contributed by atoms with Gasteiger partial charge in [-0.1, -0.05) is 19.9 Å². The van der Waals surface area contributed by atoms with E-state index in [1.165, 1.54) is 0 Å². The van der Waals surface area contributed by atoms with Crippen molar-refractivity contribution >= 4 is 31.9 Å². The van der Waals surface area contributed by atoms with Gasteiger partial charge in [0, 0.05) is 8.95 Å². The van der Waals surface area contributed by atoms with Gasteiger partial charge >= 0.3 is 0 Å². The Morgan fingerprint density at radius 1 is 1.25 bits per heavy atom. The molecule has 1 atom stereocenters. The van der Waals surface area contributed by atoms with Crippen molar-refractivity contribution in [1.29, 1.82) is 5.26 Å². The first-order valence-electron chi connectivity index (χ1n) is 5.22. The van der Waals surface area contributed by atoms with Crippen molar-refractivity contribution in [1.82, 2.24) is 4.90 Å². The molecule has 0 aliphatic carbocycles. The number of benzene rings is 1. The Labute approximate surface area is 114 Å². The molecular weight excluding hydrogens is 332 g/mol. The van der Waals surface area contributed by atoms with E-state index >= 15 is 0 Å². The number of hydrogen-bond acceptors (Lipinski definition) is 2. The van der Waals surface area contributed by atoms with Gasteiger partial charge in [0.1, 0.15) is 6.04 Å². The highest BCUT2D eigenvalue weighted by molar-refractivity contribution is 9.13. The van der Waals surface area contributed by atoms with Crippen molar-refractivity contribution in [2.24, 2.45) is 0 Å². The Morgan fingerprint density at radius 2 is 1.88 bits per heavy atom. The minimum atomic E-state index is -0.167. The second-order valence-corrected chi connectivity index (χ2v) is 5.14. The SMILES string of the molecule is CCN(CC)C(C#N)c1ccc(Br)c(Br)c1. The molecule has 0 saturated heterocycles. The fraction of sp³-hybridized carbons (Fsp3) is 0.417. The summed E-state index contributed by atoms with van der Waals surface area (Å²) in [4.78, 5) is 2.13. The third-order valence-electron chi connectivity index (χ3n) is 2.56. The van der Waals surface area contributed by atoms with E-state index in [2.05, 4.69) is 56.7 Å². The molecule has 1 unspecified atom stereocenters. The molecule has 0 N–H and O–H groups in total. The fourth-order valence-electron chi connectivity index (χ4n) is 1.64. The monoisotopic (exact) mass is 344 g/mol. The zero-order chi connectivity index (χ0) is 12.1. The van der Waals surface area contributed by atoms with Crippen LogP contribution in [0.1, 0.15) is 25.5 Å². The standard InChI is InChI=1S/C12H14Br2N2/c1-3-16(4-2)12(8-15)9-5-6-10(13)11(14)7-9/h5-7,12H,3-4H2,1-2H3. The molecule has 0 heterocycles. The maximum absolute atomic E-state index is 9.25. The average molecular weight is 346 g/mol. The maximum Gasteiger partial charge on any atom is 0.123 e. The van der Waals surface area contributed by atoms with Crippen LogP contribution in [0.15, 0.2) is 27.1 Å². The second kappa shape index (κ2) is 6.39. The summed E-state index contributed by atoms with van der Waals surface area (Å²) >= 11 is 6.89. The molecular formula is C12H14Br2N2. The van der Waals surface area contributed by atoms with Gasteiger partial charge in [0.15, 0.2) is 0 Å². The van der Waals surface area contributed by atoms with E-state index in [4.69, 9.17) is 0 Å². The molecule has 0 aromatic heterocycles. The van der Waals surface area contributed by atoms with Crippen molar-refractivity contribution in [2.45, 2.75) is 19.9 Å². The first-order valence-corrected chi connectivity index (χ1v) is 6.81. The van der Waals surface area contributed by atoms with Crippen molar-refractivity contribution < 1.29 is 0 Å². The zero-order valence-corrected chi connectivity index (χ0v) is 12.5. The molecule has 16 heavy (non-hydrogen) atoms. The fourth-order valence-corrected chi connectivity index (χ4v) is 2.28. The van der Waals surface area contributed by atoms with Gasteiger partial charge in [-0.05, 0) is 62.6 Å². The quantitative estimate of drug-likeness (QED) is 0.820. The average Bonchev–Trinajstić information content (AvgIpc) is 2.29. The topological polar surface area (TPSA) is 27.0 Å². The molecule has 1 rings (SSSR count). The first kappa shape index (κ1) is 13.7. The molecule has 0 amide bonds. The van der Waals surface area contributed by atoms with Gasteiger partial charge in [-0.25, -0.2) is 0 Å². The molecule has 4 heteroatoms. The van der Waals surface area contributed by atoms with Crippen LogP contribution in [0.4, 0.5) is 0 Å². The largest absolute Gasteiger partial charge is 0.285 e. The Hall–Kier alpha value is -0.370. The number of halogens is 2. The van der Waals surface area contributed by atoms with Crippen LogP contribution in [0.25, 0.3) is 0 Å². The lowest BCUT2D eigenvalue weighted by atomic mass is 10.1. The normalized spacial score (nSPS) is 12.5. The lowest BCUT2D eigenvalue weighted by molar-refractivity contribution is 0.262. The summed E-state index contributed by atoms with van der Waals surface area (Å²) in [6, 6.07) is 8.14. The molecule has 0 fully saturated rings. The first-order chi connectivity index (χ1) is 7.63. The number of rotatable bonds is 4. The van der Waals surface area contributed by atoms with Gasteiger partial charge in [-0.2, -0.15) is 5.26 Å². The third kappa shape index (κ3) is 3.07. The van der Waals surface area contributed by atoms with Crippen LogP contribution < -0.4 is 0 Å². The van der Waals surface area contributed by atoms with Gasteiger partial charge < -0.3 is 0 Å². The minimum Gasteiger partial charge on any atom is -0.285 e. The molecule has 0 aliphatic heterocycles. The predicted molar refractivity (Wildman–Crippen MR) is 73.1 cm³/mol. The maximum atomic E-state index is 9.25. The minimum absolute atomic E-state index is 0.167. The lowest BCUT2D eigenvalue weighted by Gasteiger charge is -2.24. The van der Waals surface area contributed by atoms with E-state index in [0.29, 0.717) is 0 Å². The highest BCUT2D eigenvalue weighted by atomic mass is 79.9. The van der Waals surface area contributed by atoms with Crippen molar-refractivity contribution in [2.75, 3.05) is 13.1 Å². The highest BCUT2D eigenvalue weighted by Gasteiger charge is 2.17. The Balaban J connectivity index is 3.05. The number of hydrogen-bond donors (Lipinski definition) is 0. The molecule has 0 bridgehead atoms. The van der Waals surface area contributed by atoms with E-state index in [0.717, 1.165) is 27.6 Å². The summed E-state index contributed by atoms with van der Waals surface area (Å²) in [6.07, 6.45) is 0. The van der Waals surface area contributed by atoms with Gasteiger partial charge in [0.2, 0.25) is 0 Å². The van der Waals surface area contributed by atoms with Gasteiger partial charge in [0.05, 0.1) is 6.07 Å². The molecule has 0 saturated carbocycles. The third-order valence-corrected chi connectivity index (χ3v) is 4.44. The molecule has 0 aliphatic rings. The van der Waals surface area contributed by atoms with E-state index in [1.807, 2.05) is 18.2 Å². The predicted octanol–water partition coefficient (Wildman–Crippen LogP) is 4.12. The Bertz CT molecular complexity index is 394. The summed E-state index contributed by atoms with van der Waals surface area (Å²) in [5, 5.41) is 9.25. The van der Waals surface area contributed by atoms with E-state index < -0.39 is 0 Å². The van der Waals surface area contributed by atoms with Crippen LogP contribution in [0, 0.1) is 11.3 Å². The lowest BCUT2D eigenvalue weighted by Crippen LogP contribution is -2.27. The number of nitriles is 1. The van der Waals surface area contributed by atoms with Gasteiger partial charge in [0.25, 0.3) is 0 Å². The smallest absolute Gasteiger partial charge is 0.123 e. The summed E-state index contributed by atoms with van der Waals surface area (Å²) in [7, 11) is 0. The molecule has 2 nitrogen and oxygen atoms in total. The highest BCUT2D eigenvalue weighted by Crippen LogP contribution is 2.28. The van der Waals surface area contributed by atoms with Crippen LogP contribution in [0.3, 0.4) is 0 Å². The summed E-state index contributed by atoms with van der Waals surface area (Å²) < 4.78 is 1.99.